The van der Waals surface area contributed by atoms with Crippen molar-refractivity contribution >= 4 is 27.4 Å². The Morgan fingerprint density at radius 3 is 2.39 bits per heavy atom. The van der Waals surface area contributed by atoms with Crippen LogP contribution in [0, 0.1) is 0 Å². The normalized spacial score (nSPS) is 23.7. The predicted octanol–water partition coefficient (Wildman–Crippen LogP) is 4.56. The quantitative estimate of drug-likeness (QED) is 0.807. The van der Waals surface area contributed by atoms with Gasteiger partial charge in [0.15, 0.2) is 0 Å². The summed E-state index contributed by atoms with van der Waals surface area (Å²) in [6.07, 6.45) is 9.98. The number of nitrogens with one attached hydrogen (secondary N) is 2. The molecular formula is C18H21BrN4. The van der Waals surface area contributed by atoms with Crippen molar-refractivity contribution in [2.75, 3.05) is 10.6 Å². The third kappa shape index (κ3) is 3.50. The van der Waals surface area contributed by atoms with E-state index in [1.54, 1.807) is 0 Å². The highest BCUT2D eigenvalue weighted by molar-refractivity contribution is 9.10. The van der Waals surface area contributed by atoms with Gasteiger partial charge in [0.05, 0.1) is 11.9 Å². The first-order chi connectivity index (χ1) is 11.3. The van der Waals surface area contributed by atoms with Crippen molar-refractivity contribution in [3.8, 4) is 0 Å². The molecule has 0 unspecified atom stereocenters. The van der Waals surface area contributed by atoms with Crippen molar-refractivity contribution < 1.29 is 0 Å². The number of rotatable bonds is 5. The molecule has 2 aliphatic carbocycles. The lowest BCUT2D eigenvalue weighted by Crippen LogP contribution is -2.34. The van der Waals surface area contributed by atoms with Crippen LogP contribution < -0.4 is 10.6 Å². The zero-order valence-corrected chi connectivity index (χ0v) is 14.6. The van der Waals surface area contributed by atoms with Crippen LogP contribution in [-0.2, 0) is 0 Å². The Morgan fingerprint density at radius 1 is 0.913 bits per heavy atom. The number of nitrogens with zero attached hydrogens (tertiary/aromatic N) is 2. The Hall–Kier alpha value is -1.62. The highest BCUT2D eigenvalue weighted by Crippen LogP contribution is 2.37. The minimum atomic E-state index is 0.526. The molecule has 0 aromatic carbocycles. The minimum absolute atomic E-state index is 0.526. The second-order valence-electron chi connectivity index (χ2n) is 6.62. The Morgan fingerprint density at radius 2 is 1.78 bits per heavy atom. The topological polar surface area (TPSA) is 49.8 Å². The molecule has 0 spiro atoms. The average molecular weight is 373 g/mol. The fraction of sp³-hybridized carbons (Fsp3) is 0.444. The predicted molar refractivity (Wildman–Crippen MR) is 96.8 cm³/mol. The van der Waals surface area contributed by atoms with E-state index in [1.165, 1.54) is 25.0 Å². The van der Waals surface area contributed by atoms with E-state index in [2.05, 4.69) is 60.8 Å². The van der Waals surface area contributed by atoms with Crippen LogP contribution >= 0.6 is 15.9 Å². The van der Waals surface area contributed by atoms with Crippen LogP contribution in [-0.4, -0.2) is 22.1 Å². The van der Waals surface area contributed by atoms with Crippen LogP contribution in [0.5, 0.6) is 0 Å². The van der Waals surface area contributed by atoms with Crippen molar-refractivity contribution in [2.45, 2.75) is 50.1 Å². The lowest BCUT2D eigenvalue weighted by molar-refractivity contribution is 0.367. The van der Waals surface area contributed by atoms with E-state index in [0.717, 1.165) is 28.8 Å². The summed E-state index contributed by atoms with van der Waals surface area (Å²) in [7, 11) is 0. The highest BCUT2D eigenvalue weighted by atomic mass is 79.9. The van der Waals surface area contributed by atoms with Crippen LogP contribution in [0.4, 0.5) is 11.5 Å². The van der Waals surface area contributed by atoms with Gasteiger partial charge in [-0.1, -0.05) is 0 Å². The molecule has 2 aromatic heterocycles. The summed E-state index contributed by atoms with van der Waals surface area (Å²) in [5, 5.41) is 7.04. The van der Waals surface area contributed by atoms with Crippen LogP contribution in [0.2, 0.25) is 0 Å². The molecule has 2 heterocycles. The first kappa shape index (κ1) is 14.9. The van der Waals surface area contributed by atoms with Crippen LogP contribution in [0.1, 0.15) is 43.7 Å². The Balaban J connectivity index is 1.27. The van der Waals surface area contributed by atoms with Crippen molar-refractivity contribution in [3.63, 3.8) is 0 Å². The van der Waals surface area contributed by atoms with E-state index in [9.17, 15) is 0 Å². The molecule has 0 atom stereocenters. The highest BCUT2D eigenvalue weighted by Gasteiger charge is 2.31. The largest absolute Gasteiger partial charge is 0.381 e. The zero-order valence-electron chi connectivity index (χ0n) is 13.0. The van der Waals surface area contributed by atoms with Crippen LogP contribution in [0.3, 0.4) is 0 Å². The summed E-state index contributed by atoms with van der Waals surface area (Å²) < 4.78 is 1.04. The zero-order chi connectivity index (χ0) is 15.6. The second kappa shape index (κ2) is 6.48. The van der Waals surface area contributed by atoms with Gasteiger partial charge >= 0.3 is 0 Å². The molecule has 2 aromatic rings. The number of hydrogen-bond donors (Lipinski definition) is 2. The number of aromatic nitrogens is 2. The Bertz CT molecular complexity index is 646. The monoisotopic (exact) mass is 372 g/mol. The lowest BCUT2D eigenvalue weighted by atomic mass is 9.78. The van der Waals surface area contributed by atoms with Crippen molar-refractivity contribution in [3.05, 3.63) is 46.8 Å². The molecule has 120 valence electrons. The smallest absolute Gasteiger partial charge is 0.126 e. The van der Waals surface area contributed by atoms with Gasteiger partial charge in [-0.05, 0) is 72.3 Å². The molecule has 2 saturated carbocycles. The van der Waals surface area contributed by atoms with E-state index in [0.29, 0.717) is 18.0 Å². The third-order valence-electron chi connectivity index (χ3n) is 4.90. The molecule has 0 amide bonds. The molecular weight excluding hydrogens is 352 g/mol. The maximum atomic E-state index is 4.51. The van der Waals surface area contributed by atoms with Gasteiger partial charge in [0.25, 0.3) is 0 Å². The minimum Gasteiger partial charge on any atom is -0.381 e. The van der Waals surface area contributed by atoms with Crippen molar-refractivity contribution in [1.82, 2.24) is 9.97 Å². The molecule has 2 aliphatic rings. The summed E-state index contributed by atoms with van der Waals surface area (Å²) in [4.78, 5) is 9.01. The van der Waals surface area contributed by atoms with Gasteiger partial charge in [0, 0.05) is 34.4 Å². The summed E-state index contributed by atoms with van der Waals surface area (Å²) in [5.41, 5.74) is 2.31. The third-order valence-corrected chi connectivity index (χ3v) is 5.37. The van der Waals surface area contributed by atoms with Gasteiger partial charge in [-0.3, -0.25) is 4.98 Å². The molecule has 2 N–H and O–H groups in total. The molecule has 0 saturated heterocycles. The van der Waals surface area contributed by atoms with Crippen LogP contribution in [0.15, 0.2) is 41.1 Å². The van der Waals surface area contributed by atoms with E-state index in [-0.39, 0.29) is 0 Å². The fourth-order valence-electron chi connectivity index (χ4n) is 3.17. The maximum absolute atomic E-state index is 4.51. The molecule has 5 heteroatoms. The summed E-state index contributed by atoms with van der Waals surface area (Å²) in [6, 6.07) is 9.55. The van der Waals surface area contributed by atoms with E-state index < -0.39 is 0 Å². The first-order valence-corrected chi connectivity index (χ1v) is 9.16. The van der Waals surface area contributed by atoms with E-state index in [1.807, 2.05) is 12.4 Å². The van der Waals surface area contributed by atoms with Gasteiger partial charge in [0.2, 0.25) is 0 Å². The van der Waals surface area contributed by atoms with Crippen molar-refractivity contribution in [2.24, 2.45) is 0 Å². The Labute approximate surface area is 145 Å². The van der Waals surface area contributed by atoms with E-state index >= 15 is 0 Å². The van der Waals surface area contributed by atoms with Gasteiger partial charge in [0.1, 0.15) is 5.82 Å². The SMILES string of the molecule is Brc1ccc(C2CC(Nc3ccc(NC4CCC4)nc3)C2)nc1. The molecule has 0 aliphatic heterocycles. The lowest BCUT2D eigenvalue weighted by Gasteiger charge is -2.36. The molecule has 0 bridgehead atoms. The van der Waals surface area contributed by atoms with Gasteiger partial charge < -0.3 is 10.6 Å². The average Bonchev–Trinajstić information content (AvgIpc) is 2.49. The maximum Gasteiger partial charge on any atom is 0.126 e. The molecule has 4 rings (SSSR count). The van der Waals surface area contributed by atoms with Crippen molar-refractivity contribution in [1.29, 1.82) is 0 Å². The second-order valence-corrected chi connectivity index (χ2v) is 7.53. The van der Waals surface area contributed by atoms with Gasteiger partial charge in [-0.15, -0.1) is 0 Å². The summed E-state index contributed by atoms with van der Waals surface area (Å²) in [6.45, 7) is 0. The van der Waals surface area contributed by atoms with Crippen LogP contribution in [0.25, 0.3) is 0 Å². The number of hydrogen-bond acceptors (Lipinski definition) is 4. The molecule has 23 heavy (non-hydrogen) atoms. The number of halogens is 1. The number of anilines is 2. The van der Waals surface area contributed by atoms with Gasteiger partial charge in [-0.25, -0.2) is 4.98 Å². The first-order valence-electron chi connectivity index (χ1n) is 8.37. The molecule has 0 radical (unpaired) electrons. The summed E-state index contributed by atoms with van der Waals surface area (Å²) in [5.74, 6) is 1.57. The molecule has 2 fully saturated rings. The molecule has 4 nitrogen and oxygen atoms in total. The number of pyridine rings is 2. The van der Waals surface area contributed by atoms with Gasteiger partial charge in [-0.2, -0.15) is 0 Å². The fourth-order valence-corrected chi connectivity index (χ4v) is 3.40. The van der Waals surface area contributed by atoms with E-state index in [4.69, 9.17) is 0 Å². The summed E-state index contributed by atoms with van der Waals surface area (Å²) >= 11 is 3.43. The Kier molecular flexibility index (Phi) is 4.21. The standard InChI is InChI=1S/C18H21BrN4/c19-13-4-6-17(20-10-13)12-8-16(9-12)22-15-5-7-18(21-11-15)23-14-2-1-3-14/h4-7,10-12,14,16,22H,1-3,8-9H2,(H,21,23).